The number of aromatic nitrogens is 2. The molecule has 1 fully saturated rings. The Labute approximate surface area is 205 Å². The van der Waals surface area contributed by atoms with Gasteiger partial charge in [0.1, 0.15) is 0 Å². The second-order valence-electron chi connectivity index (χ2n) is 9.08. The van der Waals surface area contributed by atoms with E-state index in [9.17, 15) is 14.4 Å². The number of fused-ring (bicyclic) bond motifs is 2. The maximum absolute atomic E-state index is 13.3. The van der Waals surface area contributed by atoms with Crippen LogP contribution in [-0.4, -0.2) is 66.2 Å². The van der Waals surface area contributed by atoms with Crippen LogP contribution < -0.4 is 15.5 Å². The van der Waals surface area contributed by atoms with Crippen molar-refractivity contribution in [2.75, 3.05) is 43.5 Å². The molecule has 0 saturated carbocycles. The SMILES string of the molecule is CCOC(=O)CCCc1ccc2c(c1)C1(CCN(C(=O)NC)C1)CN2C(=O)Nc1cnc(C)cn1. The highest BCUT2D eigenvalue weighted by molar-refractivity contribution is 6.03. The first kappa shape index (κ1) is 24.4. The zero-order chi connectivity index (χ0) is 25.0. The Kier molecular flexibility index (Phi) is 7.18. The van der Waals surface area contributed by atoms with Crippen molar-refractivity contribution in [2.45, 2.75) is 44.9 Å². The average Bonchev–Trinajstić information content (AvgIpc) is 3.42. The summed E-state index contributed by atoms with van der Waals surface area (Å²) in [5, 5.41) is 5.55. The summed E-state index contributed by atoms with van der Waals surface area (Å²) in [6.07, 6.45) is 5.68. The van der Waals surface area contributed by atoms with Crippen LogP contribution in [0.25, 0.3) is 0 Å². The van der Waals surface area contributed by atoms with Gasteiger partial charge in [-0.3, -0.25) is 20.0 Å². The Balaban J connectivity index is 1.57. The number of carbonyl (C=O) groups is 3. The molecule has 2 aliphatic heterocycles. The molecule has 1 unspecified atom stereocenters. The summed E-state index contributed by atoms with van der Waals surface area (Å²) < 4.78 is 5.03. The Morgan fingerprint density at radius 2 is 1.97 bits per heavy atom. The van der Waals surface area contributed by atoms with Gasteiger partial charge in [-0.05, 0) is 50.3 Å². The largest absolute Gasteiger partial charge is 0.466 e. The number of anilines is 2. The molecule has 10 nitrogen and oxygen atoms in total. The highest BCUT2D eigenvalue weighted by Gasteiger charge is 2.49. The molecule has 4 amide bonds. The fourth-order valence-corrected chi connectivity index (χ4v) is 4.91. The Morgan fingerprint density at radius 3 is 2.69 bits per heavy atom. The lowest BCUT2D eigenvalue weighted by Crippen LogP contribution is -2.43. The molecule has 2 N–H and O–H groups in total. The van der Waals surface area contributed by atoms with Gasteiger partial charge in [0, 0.05) is 44.2 Å². The van der Waals surface area contributed by atoms with E-state index in [0.717, 1.165) is 35.3 Å². The van der Waals surface area contributed by atoms with Crippen molar-refractivity contribution in [3.8, 4) is 0 Å². The quantitative estimate of drug-likeness (QED) is 0.614. The predicted octanol–water partition coefficient (Wildman–Crippen LogP) is 3.01. The van der Waals surface area contributed by atoms with Crippen molar-refractivity contribution in [1.82, 2.24) is 20.2 Å². The number of carbonyl (C=O) groups excluding carboxylic acids is 3. The molecular weight excluding hydrogens is 448 g/mol. The number of hydrogen-bond acceptors (Lipinski definition) is 6. The molecule has 0 aliphatic carbocycles. The van der Waals surface area contributed by atoms with Crippen molar-refractivity contribution in [2.24, 2.45) is 0 Å². The van der Waals surface area contributed by atoms with Gasteiger partial charge in [0.15, 0.2) is 5.82 Å². The second kappa shape index (κ2) is 10.3. The predicted molar refractivity (Wildman–Crippen MR) is 131 cm³/mol. The van der Waals surface area contributed by atoms with E-state index in [1.165, 1.54) is 6.20 Å². The maximum Gasteiger partial charge on any atom is 0.327 e. The number of nitrogens with zero attached hydrogens (tertiary/aromatic N) is 4. The molecule has 0 bridgehead atoms. The van der Waals surface area contributed by atoms with E-state index in [-0.39, 0.29) is 23.4 Å². The fourth-order valence-electron chi connectivity index (χ4n) is 4.91. The van der Waals surface area contributed by atoms with Crippen LogP contribution in [0.2, 0.25) is 0 Å². The van der Waals surface area contributed by atoms with Gasteiger partial charge in [0.05, 0.1) is 24.7 Å². The van der Waals surface area contributed by atoms with Crippen molar-refractivity contribution in [3.05, 3.63) is 47.4 Å². The summed E-state index contributed by atoms with van der Waals surface area (Å²) in [5.41, 5.74) is 3.40. The number of amides is 4. The molecule has 1 saturated heterocycles. The third-order valence-electron chi connectivity index (χ3n) is 6.65. The number of hydrogen-bond donors (Lipinski definition) is 2. The van der Waals surface area contributed by atoms with E-state index in [1.807, 2.05) is 19.1 Å². The molecule has 3 heterocycles. The Hall–Kier alpha value is -3.69. The highest BCUT2D eigenvalue weighted by atomic mass is 16.5. The van der Waals surface area contributed by atoms with Crippen LogP contribution in [0.15, 0.2) is 30.6 Å². The normalized spacial score (nSPS) is 18.5. The van der Waals surface area contributed by atoms with Crippen molar-refractivity contribution < 1.29 is 19.1 Å². The van der Waals surface area contributed by atoms with Crippen molar-refractivity contribution in [3.63, 3.8) is 0 Å². The third kappa shape index (κ3) is 5.21. The van der Waals surface area contributed by atoms with Gasteiger partial charge < -0.3 is 15.0 Å². The lowest BCUT2D eigenvalue weighted by atomic mass is 9.80. The van der Waals surface area contributed by atoms with E-state index in [0.29, 0.717) is 44.9 Å². The van der Waals surface area contributed by atoms with E-state index in [1.54, 1.807) is 30.0 Å². The summed E-state index contributed by atoms with van der Waals surface area (Å²) in [5.74, 6) is 0.196. The van der Waals surface area contributed by atoms with Crippen LogP contribution >= 0.6 is 0 Å². The van der Waals surface area contributed by atoms with Crippen molar-refractivity contribution in [1.29, 1.82) is 0 Å². The molecule has 35 heavy (non-hydrogen) atoms. The number of aryl methyl sites for hydroxylation is 2. The van der Waals surface area contributed by atoms with Crippen LogP contribution in [0.5, 0.6) is 0 Å². The van der Waals surface area contributed by atoms with Crippen LogP contribution in [0.3, 0.4) is 0 Å². The maximum atomic E-state index is 13.3. The molecule has 1 aromatic heterocycles. The summed E-state index contributed by atoms with van der Waals surface area (Å²) in [6.45, 7) is 5.63. The zero-order valence-corrected chi connectivity index (χ0v) is 20.5. The number of likely N-dealkylation sites (tertiary alicyclic amines) is 1. The molecule has 10 heteroatoms. The topological polar surface area (TPSA) is 117 Å². The molecule has 1 aromatic carbocycles. The van der Waals surface area contributed by atoms with E-state index >= 15 is 0 Å². The molecular formula is C25H32N6O4. The molecule has 186 valence electrons. The van der Waals surface area contributed by atoms with E-state index in [4.69, 9.17) is 4.74 Å². The minimum absolute atomic E-state index is 0.119. The molecule has 4 rings (SSSR count). The minimum atomic E-state index is -0.352. The molecule has 1 atom stereocenters. The average molecular weight is 481 g/mol. The summed E-state index contributed by atoms with van der Waals surface area (Å²) >= 11 is 0. The third-order valence-corrected chi connectivity index (χ3v) is 6.65. The monoisotopic (exact) mass is 480 g/mol. The first-order valence-electron chi connectivity index (χ1n) is 12.0. The van der Waals surface area contributed by atoms with Gasteiger partial charge in [-0.15, -0.1) is 0 Å². The molecule has 2 aromatic rings. The zero-order valence-electron chi connectivity index (χ0n) is 20.5. The molecule has 1 spiro atoms. The summed E-state index contributed by atoms with van der Waals surface area (Å²) in [4.78, 5) is 49.3. The van der Waals surface area contributed by atoms with Crippen LogP contribution in [0.4, 0.5) is 21.1 Å². The summed E-state index contributed by atoms with van der Waals surface area (Å²) in [7, 11) is 1.62. The lowest BCUT2D eigenvalue weighted by molar-refractivity contribution is -0.143. The van der Waals surface area contributed by atoms with Crippen molar-refractivity contribution >= 4 is 29.5 Å². The summed E-state index contributed by atoms with van der Waals surface area (Å²) in [6, 6.07) is 5.70. The van der Waals surface area contributed by atoms with E-state index < -0.39 is 0 Å². The van der Waals surface area contributed by atoms with Crippen LogP contribution in [0.1, 0.15) is 43.0 Å². The molecule has 0 radical (unpaired) electrons. The van der Waals surface area contributed by atoms with Crippen LogP contribution in [-0.2, 0) is 21.4 Å². The Morgan fingerprint density at radius 1 is 1.14 bits per heavy atom. The highest BCUT2D eigenvalue weighted by Crippen LogP contribution is 2.47. The van der Waals surface area contributed by atoms with Gasteiger partial charge in [0.25, 0.3) is 0 Å². The number of benzene rings is 1. The first-order valence-corrected chi connectivity index (χ1v) is 12.0. The van der Waals surface area contributed by atoms with E-state index in [2.05, 4.69) is 26.7 Å². The van der Waals surface area contributed by atoms with Gasteiger partial charge in [-0.1, -0.05) is 12.1 Å². The van der Waals surface area contributed by atoms with Gasteiger partial charge in [-0.25, -0.2) is 14.6 Å². The fraction of sp³-hybridized carbons (Fsp3) is 0.480. The standard InChI is InChI=1S/C25H32N6O4/c1-4-35-22(32)7-5-6-18-8-9-20-19(12-18)25(10-11-30(15-25)23(33)26-3)16-31(20)24(34)29-21-14-27-17(2)13-28-21/h8-9,12-14H,4-7,10-11,15-16H2,1-3H3,(H,26,33)(H,28,29,34). The number of ether oxygens (including phenoxy) is 1. The Bertz CT molecular complexity index is 1110. The number of esters is 1. The number of nitrogens with one attached hydrogen (secondary N) is 2. The number of urea groups is 2. The lowest BCUT2D eigenvalue weighted by Gasteiger charge is -2.26. The second-order valence-corrected chi connectivity index (χ2v) is 9.08. The van der Waals surface area contributed by atoms with Crippen LogP contribution in [0, 0.1) is 6.92 Å². The van der Waals surface area contributed by atoms with Gasteiger partial charge in [-0.2, -0.15) is 0 Å². The smallest absolute Gasteiger partial charge is 0.327 e. The van der Waals surface area contributed by atoms with Gasteiger partial charge >= 0.3 is 18.0 Å². The minimum Gasteiger partial charge on any atom is -0.466 e. The number of rotatable bonds is 6. The first-order chi connectivity index (χ1) is 16.8. The van der Waals surface area contributed by atoms with Gasteiger partial charge in [0.2, 0.25) is 0 Å². The molecule has 2 aliphatic rings.